The van der Waals surface area contributed by atoms with Crippen LogP contribution >= 0.6 is 0 Å². The number of nitrogens with one attached hydrogen (secondary N) is 1. The SMILES string of the molecule is CC(C)[C@@H](NC(=O)C1CCCCC1(C)C)C(=O)O. The number of carboxylic acid groups (broad SMARTS) is 1. The number of aliphatic carboxylic acids is 1. The fraction of sp³-hybridized carbons (Fsp3) is 0.857. The smallest absolute Gasteiger partial charge is 0.326 e. The Labute approximate surface area is 109 Å². The topological polar surface area (TPSA) is 66.4 Å². The van der Waals surface area contributed by atoms with Crippen molar-refractivity contribution in [1.82, 2.24) is 5.32 Å². The zero-order chi connectivity index (χ0) is 13.9. The minimum Gasteiger partial charge on any atom is -0.480 e. The number of carbonyl (C=O) groups is 2. The maximum Gasteiger partial charge on any atom is 0.326 e. The molecule has 1 fully saturated rings. The lowest BCUT2D eigenvalue weighted by molar-refractivity contribution is -0.145. The predicted molar refractivity (Wildman–Crippen MR) is 70.1 cm³/mol. The molecule has 1 aliphatic carbocycles. The molecule has 1 rings (SSSR count). The first-order chi connectivity index (χ1) is 8.25. The van der Waals surface area contributed by atoms with Crippen LogP contribution in [0.2, 0.25) is 0 Å². The summed E-state index contributed by atoms with van der Waals surface area (Å²) in [6.07, 6.45) is 4.11. The fourth-order valence-corrected chi connectivity index (χ4v) is 2.75. The van der Waals surface area contributed by atoms with Gasteiger partial charge in [0.2, 0.25) is 5.91 Å². The molecule has 104 valence electrons. The minimum absolute atomic E-state index is 0.0254. The second kappa shape index (κ2) is 5.72. The summed E-state index contributed by atoms with van der Waals surface area (Å²) in [5.74, 6) is -1.21. The Morgan fingerprint density at radius 2 is 1.89 bits per heavy atom. The average molecular weight is 255 g/mol. The van der Waals surface area contributed by atoms with Crippen molar-refractivity contribution in [1.29, 1.82) is 0 Å². The van der Waals surface area contributed by atoms with Gasteiger partial charge < -0.3 is 10.4 Å². The van der Waals surface area contributed by atoms with Gasteiger partial charge >= 0.3 is 5.97 Å². The normalized spacial score (nSPS) is 24.6. The first kappa shape index (κ1) is 15.0. The Kier molecular flexibility index (Phi) is 4.77. The largest absolute Gasteiger partial charge is 0.480 e. The third-order valence-electron chi connectivity index (χ3n) is 4.05. The zero-order valence-corrected chi connectivity index (χ0v) is 11.8. The summed E-state index contributed by atoms with van der Waals surface area (Å²) in [4.78, 5) is 23.4. The van der Waals surface area contributed by atoms with Crippen LogP contribution in [-0.2, 0) is 9.59 Å². The second-order valence-electron chi connectivity index (χ2n) is 6.36. The van der Waals surface area contributed by atoms with E-state index in [0.717, 1.165) is 25.7 Å². The average Bonchev–Trinajstić information content (AvgIpc) is 2.23. The molecule has 0 aliphatic heterocycles. The lowest BCUT2D eigenvalue weighted by Crippen LogP contribution is -2.49. The number of rotatable bonds is 4. The van der Waals surface area contributed by atoms with Crippen molar-refractivity contribution in [2.24, 2.45) is 17.3 Å². The highest BCUT2D eigenvalue weighted by Gasteiger charge is 2.38. The molecule has 2 atom stereocenters. The third-order valence-corrected chi connectivity index (χ3v) is 4.05. The molecular formula is C14H25NO3. The fourth-order valence-electron chi connectivity index (χ4n) is 2.75. The molecule has 0 aromatic carbocycles. The van der Waals surface area contributed by atoms with Crippen molar-refractivity contribution < 1.29 is 14.7 Å². The van der Waals surface area contributed by atoms with E-state index in [0.29, 0.717) is 0 Å². The molecule has 1 amide bonds. The summed E-state index contributed by atoms with van der Waals surface area (Å²) in [7, 11) is 0. The van der Waals surface area contributed by atoms with E-state index < -0.39 is 12.0 Å². The third kappa shape index (κ3) is 3.47. The first-order valence-electron chi connectivity index (χ1n) is 6.79. The maximum atomic E-state index is 12.3. The lowest BCUT2D eigenvalue weighted by Gasteiger charge is -2.38. The predicted octanol–water partition coefficient (Wildman–Crippen LogP) is 2.43. The van der Waals surface area contributed by atoms with Crippen LogP contribution in [0.15, 0.2) is 0 Å². The first-order valence-corrected chi connectivity index (χ1v) is 6.79. The molecular weight excluding hydrogens is 230 g/mol. The van der Waals surface area contributed by atoms with Gasteiger partial charge in [0.15, 0.2) is 0 Å². The molecule has 0 saturated heterocycles. The molecule has 1 saturated carbocycles. The van der Waals surface area contributed by atoms with E-state index in [9.17, 15) is 9.59 Å². The lowest BCUT2D eigenvalue weighted by atomic mass is 9.68. The number of hydrogen-bond donors (Lipinski definition) is 2. The van der Waals surface area contributed by atoms with E-state index in [4.69, 9.17) is 5.11 Å². The van der Waals surface area contributed by atoms with E-state index in [1.807, 2.05) is 13.8 Å². The molecule has 0 spiro atoms. The molecule has 0 heterocycles. The Morgan fingerprint density at radius 3 is 2.33 bits per heavy atom. The van der Waals surface area contributed by atoms with Gasteiger partial charge in [-0.3, -0.25) is 4.79 Å². The maximum absolute atomic E-state index is 12.3. The van der Waals surface area contributed by atoms with Gasteiger partial charge in [-0.25, -0.2) is 4.79 Å². The Hall–Kier alpha value is -1.06. The standard InChI is InChI=1S/C14H25NO3/c1-9(2)11(13(17)18)15-12(16)10-7-5-6-8-14(10,3)4/h9-11H,5-8H2,1-4H3,(H,15,16)(H,17,18)/t10?,11-/m1/s1. The zero-order valence-electron chi connectivity index (χ0n) is 11.8. The quantitative estimate of drug-likeness (QED) is 0.810. The van der Waals surface area contributed by atoms with Gasteiger partial charge in [-0.05, 0) is 24.2 Å². The van der Waals surface area contributed by atoms with Crippen LogP contribution in [0.3, 0.4) is 0 Å². The van der Waals surface area contributed by atoms with Gasteiger partial charge in [0.1, 0.15) is 6.04 Å². The molecule has 0 aromatic heterocycles. The van der Waals surface area contributed by atoms with Crippen LogP contribution in [0.1, 0.15) is 53.4 Å². The number of carbonyl (C=O) groups excluding carboxylic acids is 1. The van der Waals surface area contributed by atoms with Gasteiger partial charge in [0, 0.05) is 5.92 Å². The molecule has 0 aromatic rings. The van der Waals surface area contributed by atoms with E-state index >= 15 is 0 Å². The van der Waals surface area contributed by atoms with Crippen molar-refractivity contribution in [3.05, 3.63) is 0 Å². The Balaban J connectivity index is 2.71. The summed E-state index contributed by atoms with van der Waals surface area (Å²) >= 11 is 0. The number of carboxylic acids is 1. The molecule has 1 unspecified atom stereocenters. The van der Waals surface area contributed by atoms with Crippen LogP contribution in [-0.4, -0.2) is 23.0 Å². The highest BCUT2D eigenvalue weighted by Crippen LogP contribution is 2.40. The van der Waals surface area contributed by atoms with Gasteiger partial charge in [0.05, 0.1) is 0 Å². The molecule has 18 heavy (non-hydrogen) atoms. The summed E-state index contributed by atoms with van der Waals surface area (Å²) in [5, 5.41) is 11.8. The van der Waals surface area contributed by atoms with E-state index in [2.05, 4.69) is 19.2 Å². The number of hydrogen-bond acceptors (Lipinski definition) is 2. The van der Waals surface area contributed by atoms with Gasteiger partial charge in [-0.15, -0.1) is 0 Å². The molecule has 0 bridgehead atoms. The second-order valence-corrected chi connectivity index (χ2v) is 6.36. The van der Waals surface area contributed by atoms with Crippen molar-refractivity contribution in [3.8, 4) is 0 Å². The Morgan fingerprint density at radius 1 is 1.28 bits per heavy atom. The van der Waals surface area contributed by atoms with Crippen molar-refractivity contribution in [2.45, 2.75) is 59.4 Å². The highest BCUT2D eigenvalue weighted by molar-refractivity contribution is 5.85. The van der Waals surface area contributed by atoms with Crippen LogP contribution in [0.4, 0.5) is 0 Å². The summed E-state index contributed by atoms with van der Waals surface area (Å²) in [6, 6.07) is -0.782. The van der Waals surface area contributed by atoms with Crippen LogP contribution in [0, 0.1) is 17.3 Å². The van der Waals surface area contributed by atoms with Gasteiger partial charge in [0.25, 0.3) is 0 Å². The molecule has 0 radical (unpaired) electrons. The van der Waals surface area contributed by atoms with E-state index in [1.54, 1.807) is 0 Å². The minimum atomic E-state index is -0.952. The van der Waals surface area contributed by atoms with E-state index in [1.165, 1.54) is 0 Å². The molecule has 4 heteroatoms. The van der Waals surface area contributed by atoms with Crippen LogP contribution < -0.4 is 5.32 Å². The monoisotopic (exact) mass is 255 g/mol. The van der Waals surface area contributed by atoms with E-state index in [-0.39, 0.29) is 23.2 Å². The van der Waals surface area contributed by atoms with Crippen LogP contribution in [0.5, 0.6) is 0 Å². The highest BCUT2D eigenvalue weighted by atomic mass is 16.4. The summed E-state index contributed by atoms with van der Waals surface area (Å²) < 4.78 is 0. The van der Waals surface area contributed by atoms with Crippen molar-refractivity contribution in [3.63, 3.8) is 0 Å². The summed E-state index contributed by atoms with van der Waals surface area (Å²) in [5.41, 5.74) is -0.0254. The molecule has 4 nitrogen and oxygen atoms in total. The number of amides is 1. The van der Waals surface area contributed by atoms with Gasteiger partial charge in [-0.2, -0.15) is 0 Å². The molecule has 2 N–H and O–H groups in total. The Bertz CT molecular complexity index is 323. The van der Waals surface area contributed by atoms with Crippen molar-refractivity contribution >= 4 is 11.9 Å². The summed E-state index contributed by atoms with van der Waals surface area (Å²) in [6.45, 7) is 7.82. The van der Waals surface area contributed by atoms with Crippen molar-refractivity contribution in [2.75, 3.05) is 0 Å². The molecule has 1 aliphatic rings. The van der Waals surface area contributed by atoms with Crippen LogP contribution in [0.25, 0.3) is 0 Å². The van der Waals surface area contributed by atoms with Gasteiger partial charge in [-0.1, -0.05) is 40.5 Å².